The summed E-state index contributed by atoms with van der Waals surface area (Å²) in [5.74, 6) is 1.20. The van der Waals surface area contributed by atoms with E-state index in [0.717, 1.165) is 34.8 Å². The van der Waals surface area contributed by atoms with Crippen LogP contribution < -0.4 is 9.64 Å². The molecule has 0 radical (unpaired) electrons. The standard InChI is InChI=1S/C24H20ClFN2O/c1-28-15-14-27-22(21-12-9-19(26)16-23(21)28)13-6-17-4-2-3-5-24(17)29-20-10-7-18(25)8-11-20/h2-13,16H,14-15H2,1H3. The molecule has 29 heavy (non-hydrogen) atoms. The van der Waals surface area contributed by atoms with Crippen molar-refractivity contribution in [1.82, 2.24) is 0 Å². The van der Waals surface area contributed by atoms with Crippen molar-refractivity contribution in [3.05, 3.63) is 94.8 Å². The molecule has 1 aliphatic rings. The van der Waals surface area contributed by atoms with Crippen LogP contribution in [0.1, 0.15) is 11.1 Å². The second-order valence-electron chi connectivity index (χ2n) is 6.78. The third kappa shape index (κ3) is 4.49. The first-order chi connectivity index (χ1) is 14.1. The summed E-state index contributed by atoms with van der Waals surface area (Å²) in [6.07, 6.45) is 3.93. The summed E-state index contributed by atoms with van der Waals surface area (Å²) in [7, 11) is 1.95. The zero-order chi connectivity index (χ0) is 20.2. The Balaban J connectivity index is 1.64. The minimum absolute atomic E-state index is 0.248. The van der Waals surface area contributed by atoms with E-state index in [2.05, 4.69) is 0 Å². The van der Waals surface area contributed by atoms with Gasteiger partial charge in [0.25, 0.3) is 0 Å². The third-order valence-electron chi connectivity index (χ3n) is 4.75. The van der Waals surface area contributed by atoms with Gasteiger partial charge in [-0.05, 0) is 60.7 Å². The minimum atomic E-state index is -0.248. The van der Waals surface area contributed by atoms with Gasteiger partial charge in [0.05, 0.1) is 12.3 Å². The van der Waals surface area contributed by atoms with Crippen LogP contribution in [0.25, 0.3) is 6.08 Å². The van der Waals surface area contributed by atoms with Crippen LogP contribution in [0.5, 0.6) is 11.5 Å². The molecule has 0 bridgehead atoms. The molecule has 1 aliphatic heterocycles. The molecule has 0 spiro atoms. The number of halogens is 2. The first-order valence-electron chi connectivity index (χ1n) is 9.36. The summed E-state index contributed by atoms with van der Waals surface area (Å²) < 4.78 is 19.8. The highest BCUT2D eigenvalue weighted by Gasteiger charge is 2.15. The highest BCUT2D eigenvalue weighted by molar-refractivity contribution is 6.30. The van der Waals surface area contributed by atoms with Crippen molar-refractivity contribution in [2.24, 2.45) is 4.99 Å². The molecule has 5 heteroatoms. The Labute approximate surface area is 174 Å². The monoisotopic (exact) mass is 406 g/mol. The lowest BCUT2D eigenvalue weighted by Crippen LogP contribution is -2.20. The SMILES string of the molecule is CN1CCN=C(C=Cc2ccccc2Oc2ccc(Cl)cc2)c2ccc(F)cc21. The molecule has 0 saturated carbocycles. The Bertz CT molecular complexity index is 1080. The van der Waals surface area contributed by atoms with Crippen molar-refractivity contribution in [2.45, 2.75) is 0 Å². The summed E-state index contributed by atoms with van der Waals surface area (Å²) in [6, 6.07) is 19.9. The molecule has 0 amide bonds. The van der Waals surface area contributed by atoms with Crippen LogP contribution in [0.15, 0.2) is 77.8 Å². The second-order valence-corrected chi connectivity index (χ2v) is 7.21. The van der Waals surface area contributed by atoms with Crippen LogP contribution in [0, 0.1) is 5.82 Å². The summed E-state index contributed by atoms with van der Waals surface area (Å²) in [5.41, 5.74) is 3.51. The summed E-state index contributed by atoms with van der Waals surface area (Å²) in [6.45, 7) is 1.39. The topological polar surface area (TPSA) is 24.8 Å². The molecule has 0 aliphatic carbocycles. The van der Waals surface area contributed by atoms with Crippen LogP contribution in [-0.2, 0) is 0 Å². The molecular formula is C24H20ClFN2O. The van der Waals surface area contributed by atoms with Gasteiger partial charge in [-0.3, -0.25) is 4.99 Å². The Hall–Kier alpha value is -3.11. The summed E-state index contributed by atoms with van der Waals surface area (Å²) >= 11 is 5.95. The first kappa shape index (κ1) is 19.2. The van der Waals surface area contributed by atoms with Gasteiger partial charge in [0.1, 0.15) is 17.3 Å². The molecule has 3 nitrogen and oxygen atoms in total. The minimum Gasteiger partial charge on any atom is -0.457 e. The number of hydrogen-bond donors (Lipinski definition) is 0. The van der Waals surface area contributed by atoms with E-state index in [9.17, 15) is 4.39 Å². The number of benzene rings is 3. The average molecular weight is 407 g/mol. The lowest BCUT2D eigenvalue weighted by Gasteiger charge is -2.18. The number of allylic oxidation sites excluding steroid dienone is 1. The maximum atomic E-state index is 13.8. The van der Waals surface area contributed by atoms with Crippen LogP contribution in [-0.4, -0.2) is 25.8 Å². The van der Waals surface area contributed by atoms with E-state index in [4.69, 9.17) is 21.3 Å². The van der Waals surface area contributed by atoms with E-state index in [1.807, 2.05) is 60.5 Å². The van der Waals surface area contributed by atoms with Gasteiger partial charge in [-0.1, -0.05) is 29.8 Å². The smallest absolute Gasteiger partial charge is 0.134 e. The van der Waals surface area contributed by atoms with E-state index in [-0.39, 0.29) is 5.82 Å². The molecule has 0 unspecified atom stereocenters. The lowest BCUT2D eigenvalue weighted by atomic mass is 10.0. The molecule has 0 fully saturated rings. The molecule has 0 saturated heterocycles. The number of ether oxygens (including phenoxy) is 1. The largest absolute Gasteiger partial charge is 0.457 e. The Morgan fingerprint density at radius 3 is 2.66 bits per heavy atom. The van der Waals surface area contributed by atoms with Crippen molar-refractivity contribution < 1.29 is 9.13 Å². The number of para-hydroxylation sites is 1. The van der Waals surface area contributed by atoms with Crippen molar-refractivity contribution in [3.8, 4) is 11.5 Å². The van der Waals surface area contributed by atoms with Crippen LogP contribution in [0.2, 0.25) is 5.02 Å². The molecule has 1 heterocycles. The van der Waals surface area contributed by atoms with Crippen LogP contribution in [0.4, 0.5) is 10.1 Å². The zero-order valence-corrected chi connectivity index (χ0v) is 16.7. The molecule has 0 N–H and O–H groups in total. The third-order valence-corrected chi connectivity index (χ3v) is 5.00. The van der Waals surface area contributed by atoms with Crippen molar-refractivity contribution >= 4 is 29.1 Å². The number of likely N-dealkylation sites (N-methyl/N-ethyl adjacent to an activating group) is 1. The summed E-state index contributed by atoms with van der Waals surface area (Å²) in [4.78, 5) is 6.72. The summed E-state index contributed by atoms with van der Waals surface area (Å²) in [5, 5.41) is 0.664. The fourth-order valence-electron chi connectivity index (χ4n) is 3.22. The Morgan fingerprint density at radius 1 is 1.03 bits per heavy atom. The molecule has 3 aromatic carbocycles. The fraction of sp³-hybridized carbons (Fsp3) is 0.125. The van der Waals surface area contributed by atoms with E-state index >= 15 is 0 Å². The maximum Gasteiger partial charge on any atom is 0.134 e. The predicted octanol–water partition coefficient (Wildman–Crippen LogP) is 6.22. The van der Waals surface area contributed by atoms with Crippen molar-refractivity contribution in [3.63, 3.8) is 0 Å². The highest BCUT2D eigenvalue weighted by atomic mass is 35.5. The number of hydrogen-bond acceptors (Lipinski definition) is 3. The number of fused-ring (bicyclic) bond motifs is 1. The van der Waals surface area contributed by atoms with Gasteiger partial charge in [0, 0.05) is 35.4 Å². The zero-order valence-electron chi connectivity index (χ0n) is 16.0. The van der Waals surface area contributed by atoms with Gasteiger partial charge in [-0.25, -0.2) is 4.39 Å². The maximum absolute atomic E-state index is 13.8. The number of aliphatic imine (C=N–C) groups is 1. The van der Waals surface area contributed by atoms with Gasteiger partial charge in [0.2, 0.25) is 0 Å². The number of benzodiazepines with no additional fused rings is 1. The van der Waals surface area contributed by atoms with Crippen LogP contribution >= 0.6 is 11.6 Å². The van der Waals surface area contributed by atoms with Gasteiger partial charge in [-0.2, -0.15) is 0 Å². The quantitative estimate of drug-likeness (QED) is 0.513. The number of rotatable bonds is 4. The van der Waals surface area contributed by atoms with Crippen molar-refractivity contribution in [1.29, 1.82) is 0 Å². The van der Waals surface area contributed by atoms with Gasteiger partial charge >= 0.3 is 0 Å². The number of nitrogens with zero attached hydrogens (tertiary/aromatic N) is 2. The first-order valence-corrected chi connectivity index (χ1v) is 9.74. The Kier molecular flexibility index (Phi) is 5.63. The number of anilines is 1. The van der Waals surface area contributed by atoms with E-state index in [1.54, 1.807) is 24.3 Å². The molecule has 0 aromatic heterocycles. The Morgan fingerprint density at radius 2 is 1.83 bits per heavy atom. The molecular weight excluding hydrogens is 387 g/mol. The van der Waals surface area contributed by atoms with E-state index < -0.39 is 0 Å². The molecule has 4 rings (SSSR count). The molecule has 146 valence electrons. The fourth-order valence-corrected chi connectivity index (χ4v) is 3.34. The predicted molar refractivity (Wildman–Crippen MR) is 118 cm³/mol. The average Bonchev–Trinajstić information content (AvgIpc) is 2.88. The van der Waals surface area contributed by atoms with Gasteiger partial charge in [0.15, 0.2) is 0 Å². The lowest BCUT2D eigenvalue weighted by molar-refractivity contribution is 0.481. The van der Waals surface area contributed by atoms with E-state index in [0.29, 0.717) is 17.3 Å². The van der Waals surface area contributed by atoms with Crippen LogP contribution in [0.3, 0.4) is 0 Å². The second kappa shape index (κ2) is 8.50. The molecule has 3 aromatic rings. The van der Waals surface area contributed by atoms with Gasteiger partial charge in [-0.15, -0.1) is 0 Å². The van der Waals surface area contributed by atoms with Gasteiger partial charge < -0.3 is 9.64 Å². The van der Waals surface area contributed by atoms with E-state index in [1.165, 1.54) is 6.07 Å². The normalized spacial score (nSPS) is 13.8. The van der Waals surface area contributed by atoms with Crippen molar-refractivity contribution in [2.75, 3.05) is 25.0 Å². The highest BCUT2D eigenvalue weighted by Crippen LogP contribution is 2.28. The molecule has 0 atom stereocenters.